The Morgan fingerprint density at radius 3 is 2.71 bits per heavy atom. The van der Waals surface area contributed by atoms with Crippen LogP contribution in [-0.2, 0) is 27.7 Å². The van der Waals surface area contributed by atoms with Crippen molar-refractivity contribution in [1.82, 2.24) is 4.72 Å². The van der Waals surface area contributed by atoms with Crippen LogP contribution in [0.25, 0.3) is 0 Å². The summed E-state index contributed by atoms with van der Waals surface area (Å²) in [5.74, 6) is 0.491. The maximum absolute atomic E-state index is 15.3. The quantitative estimate of drug-likeness (QED) is 0.357. The third-order valence-corrected chi connectivity index (χ3v) is 12.5. The minimum Gasteiger partial charge on any atom is -0.377 e. The van der Waals surface area contributed by atoms with Crippen molar-refractivity contribution < 1.29 is 22.3 Å². The fourth-order valence-electron chi connectivity index (χ4n) is 7.02. The highest BCUT2D eigenvalue weighted by Crippen LogP contribution is 2.47. The van der Waals surface area contributed by atoms with Crippen LogP contribution in [0.1, 0.15) is 60.5 Å². The van der Waals surface area contributed by atoms with E-state index in [-0.39, 0.29) is 34.5 Å². The van der Waals surface area contributed by atoms with Crippen LogP contribution >= 0.6 is 23.4 Å². The second kappa shape index (κ2) is 12.1. The van der Waals surface area contributed by atoms with Gasteiger partial charge in [-0.2, -0.15) is 0 Å². The molecule has 3 aliphatic heterocycles. The van der Waals surface area contributed by atoms with Crippen LogP contribution in [0.5, 0.6) is 0 Å². The van der Waals surface area contributed by atoms with Crippen LogP contribution in [0.3, 0.4) is 0 Å². The van der Waals surface area contributed by atoms with Gasteiger partial charge in [0.05, 0.1) is 22.6 Å². The van der Waals surface area contributed by atoms with Gasteiger partial charge in [-0.3, -0.25) is 4.79 Å². The van der Waals surface area contributed by atoms with Gasteiger partial charge >= 0.3 is 0 Å². The summed E-state index contributed by atoms with van der Waals surface area (Å²) >= 11 is 7.95. The zero-order valence-electron chi connectivity index (χ0n) is 24.1. The largest absolute Gasteiger partial charge is 0.377 e. The van der Waals surface area contributed by atoms with E-state index in [0.29, 0.717) is 35.9 Å². The van der Waals surface area contributed by atoms with E-state index < -0.39 is 15.9 Å². The average molecular weight is 633 g/mol. The Bertz CT molecular complexity index is 1510. The summed E-state index contributed by atoms with van der Waals surface area (Å²) in [6.45, 7) is 3.11. The number of allylic oxidation sites excluding steroid dienone is 1. The lowest BCUT2D eigenvalue weighted by molar-refractivity contribution is -0.000128. The molecule has 1 saturated carbocycles. The molecule has 0 unspecified atom stereocenters. The predicted molar refractivity (Wildman–Crippen MR) is 166 cm³/mol. The number of carbonyl (C=O) groups excluding carboxylic acids is 1. The van der Waals surface area contributed by atoms with Gasteiger partial charge in [0.1, 0.15) is 5.82 Å². The number of halogens is 2. The highest BCUT2D eigenvalue weighted by molar-refractivity contribution is 7.99. The van der Waals surface area contributed by atoms with Crippen molar-refractivity contribution in [3.63, 3.8) is 0 Å². The number of hydrogen-bond acceptors (Lipinski definition) is 6. The number of amides is 1. The number of fused-ring (bicyclic) bond motifs is 5. The molecule has 226 valence electrons. The molecule has 1 fully saturated rings. The molecule has 3 heterocycles. The van der Waals surface area contributed by atoms with Crippen LogP contribution in [0.15, 0.2) is 46.9 Å². The molecule has 7 rings (SSSR count). The fraction of sp³-hybridized carbons (Fsp3) is 0.531. The Kier molecular flexibility index (Phi) is 8.66. The molecule has 4 bridgehead atoms. The Hall–Kier alpha value is -2.07. The first-order chi connectivity index (χ1) is 20.1. The number of ether oxygens (including phenoxy) is 1. The minimum atomic E-state index is -3.84. The van der Waals surface area contributed by atoms with Crippen LogP contribution in [0.2, 0.25) is 5.02 Å². The summed E-state index contributed by atoms with van der Waals surface area (Å²) in [5, 5.41) is 0.134. The number of methoxy groups -OCH3 is 1. The SMILES string of the molecule is CO[C@H]1C2=C[C@@H](C2)[C@H](C)CS(=O)(=O)NC(=O)c2ccc3c(c2)N(Cc2ccc(Cl)c(F)c2CCCCS3)C[C@@H]2CC[C@H]21. The van der Waals surface area contributed by atoms with Crippen LogP contribution in [-0.4, -0.2) is 45.6 Å². The van der Waals surface area contributed by atoms with Gasteiger partial charge in [0, 0.05) is 30.7 Å². The molecule has 0 radical (unpaired) electrons. The number of nitrogens with one attached hydrogen (secondary N) is 1. The normalized spacial score (nSPS) is 29.4. The van der Waals surface area contributed by atoms with E-state index in [9.17, 15) is 13.2 Å². The fourth-order valence-corrected chi connectivity index (χ4v) is 9.69. The number of anilines is 1. The molecule has 6 nitrogen and oxygen atoms in total. The third-order valence-electron chi connectivity index (χ3n) is 9.60. The lowest BCUT2D eigenvalue weighted by atomic mass is 9.65. The molecule has 5 aliphatic rings. The summed E-state index contributed by atoms with van der Waals surface area (Å²) in [4.78, 5) is 16.6. The highest BCUT2D eigenvalue weighted by atomic mass is 35.5. The van der Waals surface area contributed by atoms with Crippen molar-refractivity contribution in [2.75, 3.05) is 30.1 Å². The molecule has 1 N–H and O–H groups in total. The smallest absolute Gasteiger partial charge is 0.264 e. The molecule has 0 aromatic heterocycles. The predicted octanol–water partition coefficient (Wildman–Crippen LogP) is 6.61. The van der Waals surface area contributed by atoms with Gasteiger partial charge in [0.15, 0.2) is 0 Å². The van der Waals surface area contributed by atoms with Crippen LogP contribution in [0, 0.1) is 29.5 Å². The Balaban J connectivity index is 1.45. The first-order valence-electron chi connectivity index (χ1n) is 14.9. The van der Waals surface area contributed by atoms with Gasteiger partial charge in [-0.05, 0) is 109 Å². The van der Waals surface area contributed by atoms with Crippen molar-refractivity contribution >= 4 is 45.0 Å². The molecule has 5 atom stereocenters. The van der Waals surface area contributed by atoms with Gasteiger partial charge in [0.25, 0.3) is 5.91 Å². The lowest BCUT2D eigenvalue weighted by Crippen LogP contribution is -2.46. The van der Waals surface area contributed by atoms with Crippen LogP contribution < -0.4 is 9.62 Å². The monoisotopic (exact) mass is 632 g/mol. The number of benzene rings is 2. The van der Waals surface area contributed by atoms with E-state index >= 15 is 4.39 Å². The molecule has 42 heavy (non-hydrogen) atoms. The van der Waals surface area contributed by atoms with E-state index in [4.69, 9.17) is 16.3 Å². The number of hydrogen-bond donors (Lipinski definition) is 1. The number of carbonyl (C=O) groups is 1. The standard InChI is InChI=1S/C32H38ClFN2O4S2/c1-19-18-42(38,39)35-32(37)20-8-11-29-28(15-20)36(17-22-6-9-26(22)31(40-2)24-13-23(19)14-24)16-21-7-10-27(33)30(34)25(21)5-3-4-12-41-29/h7-8,10-11,13,15,19,22-23,26,31H,3-6,9,12,14,16-18H2,1-2H3,(H,35,37)/t19-,22+,23+,26-,31+/m1/s1. The van der Waals surface area contributed by atoms with Gasteiger partial charge in [0.2, 0.25) is 10.0 Å². The second-order valence-corrected chi connectivity index (χ2v) is 15.6. The summed E-state index contributed by atoms with van der Waals surface area (Å²) in [7, 11) is -2.07. The van der Waals surface area contributed by atoms with Gasteiger partial charge in [-0.1, -0.05) is 30.7 Å². The lowest BCUT2D eigenvalue weighted by Gasteiger charge is -2.47. The topological polar surface area (TPSA) is 75.7 Å². The summed E-state index contributed by atoms with van der Waals surface area (Å²) in [6, 6.07) is 9.00. The first kappa shape index (κ1) is 30.0. The summed E-state index contributed by atoms with van der Waals surface area (Å²) in [6.07, 6.45) is 7.50. The third kappa shape index (κ3) is 5.99. The molecule has 2 aromatic carbocycles. The molecule has 0 saturated heterocycles. The van der Waals surface area contributed by atoms with Gasteiger partial charge in [-0.15, -0.1) is 11.8 Å². The molecule has 1 amide bonds. The van der Waals surface area contributed by atoms with Crippen molar-refractivity contribution in [1.29, 1.82) is 0 Å². The van der Waals surface area contributed by atoms with E-state index in [1.165, 1.54) is 5.57 Å². The Morgan fingerprint density at radius 1 is 1.17 bits per heavy atom. The first-order valence-corrected chi connectivity index (χ1v) is 17.9. The number of rotatable bonds is 1. The van der Waals surface area contributed by atoms with Crippen LogP contribution in [0.4, 0.5) is 10.1 Å². The van der Waals surface area contributed by atoms with Gasteiger partial charge < -0.3 is 9.64 Å². The van der Waals surface area contributed by atoms with Crippen molar-refractivity contribution in [3.05, 3.63) is 69.5 Å². The maximum Gasteiger partial charge on any atom is 0.264 e. The van der Waals surface area contributed by atoms with E-state index in [1.807, 2.05) is 25.1 Å². The number of thioether (sulfide) groups is 1. The zero-order valence-corrected chi connectivity index (χ0v) is 26.5. The van der Waals surface area contributed by atoms with Crippen molar-refractivity contribution in [2.45, 2.75) is 63.0 Å². The summed E-state index contributed by atoms with van der Waals surface area (Å²) < 4.78 is 49.8. The van der Waals surface area contributed by atoms with Crippen molar-refractivity contribution in [2.24, 2.45) is 23.7 Å². The molecular weight excluding hydrogens is 595 g/mol. The van der Waals surface area contributed by atoms with Crippen molar-refractivity contribution in [3.8, 4) is 0 Å². The van der Waals surface area contributed by atoms with E-state index in [0.717, 1.165) is 60.5 Å². The number of sulfonamides is 1. The molecule has 10 heteroatoms. The summed E-state index contributed by atoms with van der Waals surface area (Å²) in [5.41, 5.74) is 3.96. The number of nitrogens with zero attached hydrogens (tertiary/aromatic N) is 1. The van der Waals surface area contributed by atoms with E-state index in [1.54, 1.807) is 31.0 Å². The molecular formula is C32H38ClFN2O4S2. The Labute approximate surface area is 257 Å². The minimum absolute atomic E-state index is 0.00377. The Morgan fingerprint density at radius 2 is 1.98 bits per heavy atom. The molecule has 0 spiro atoms. The zero-order chi connectivity index (χ0) is 29.6. The highest BCUT2D eigenvalue weighted by Gasteiger charge is 2.43. The maximum atomic E-state index is 15.3. The van der Waals surface area contributed by atoms with E-state index in [2.05, 4.69) is 15.7 Å². The second-order valence-electron chi connectivity index (χ2n) is 12.3. The van der Waals surface area contributed by atoms with Gasteiger partial charge in [-0.25, -0.2) is 17.5 Å². The average Bonchev–Trinajstić information content (AvgIpc) is 2.93. The molecule has 2 aromatic rings. The molecule has 2 aliphatic carbocycles.